The van der Waals surface area contributed by atoms with E-state index in [-0.39, 0.29) is 17.9 Å². The molecule has 0 spiro atoms. The van der Waals surface area contributed by atoms with Gasteiger partial charge in [-0.05, 0) is 50.5 Å². The lowest BCUT2D eigenvalue weighted by Gasteiger charge is -2.15. The molecule has 0 saturated heterocycles. The molecule has 148 valence electrons. The SMILES string of the molecule is CCOc1cc(C(=O)N[C@H]2CC[C@@H](C(=O)O)C2)ccc1OCc1cccnc1. The van der Waals surface area contributed by atoms with Gasteiger partial charge in [-0.2, -0.15) is 0 Å². The van der Waals surface area contributed by atoms with Gasteiger partial charge in [0, 0.05) is 29.6 Å². The first-order valence-corrected chi connectivity index (χ1v) is 9.39. The van der Waals surface area contributed by atoms with Gasteiger partial charge in [-0.25, -0.2) is 0 Å². The minimum atomic E-state index is -0.800. The van der Waals surface area contributed by atoms with Gasteiger partial charge >= 0.3 is 5.97 Å². The van der Waals surface area contributed by atoms with Crippen molar-refractivity contribution in [3.63, 3.8) is 0 Å². The fourth-order valence-corrected chi connectivity index (χ4v) is 3.29. The minimum Gasteiger partial charge on any atom is -0.490 e. The van der Waals surface area contributed by atoms with Crippen LogP contribution in [0.2, 0.25) is 0 Å². The third-order valence-corrected chi connectivity index (χ3v) is 4.74. The summed E-state index contributed by atoms with van der Waals surface area (Å²) in [7, 11) is 0. The lowest BCUT2D eigenvalue weighted by atomic mass is 10.1. The number of amides is 1. The van der Waals surface area contributed by atoms with Crippen LogP contribution in [0.1, 0.15) is 42.1 Å². The fourth-order valence-electron chi connectivity index (χ4n) is 3.29. The molecule has 1 aromatic carbocycles. The molecule has 0 unspecified atom stereocenters. The van der Waals surface area contributed by atoms with E-state index in [2.05, 4.69) is 10.3 Å². The first-order chi connectivity index (χ1) is 13.6. The van der Waals surface area contributed by atoms with Crippen LogP contribution in [0, 0.1) is 5.92 Å². The minimum absolute atomic E-state index is 0.120. The second kappa shape index (κ2) is 9.21. The molecule has 1 aliphatic rings. The number of benzene rings is 1. The predicted molar refractivity (Wildman–Crippen MR) is 102 cm³/mol. The van der Waals surface area contributed by atoms with E-state index in [0.717, 1.165) is 5.56 Å². The Labute approximate surface area is 163 Å². The van der Waals surface area contributed by atoms with E-state index in [0.29, 0.717) is 49.5 Å². The summed E-state index contributed by atoms with van der Waals surface area (Å²) in [4.78, 5) is 27.7. The first-order valence-electron chi connectivity index (χ1n) is 9.39. The summed E-state index contributed by atoms with van der Waals surface area (Å²) < 4.78 is 11.5. The van der Waals surface area contributed by atoms with Crippen LogP contribution in [-0.2, 0) is 11.4 Å². The van der Waals surface area contributed by atoms with Gasteiger partial charge in [0.1, 0.15) is 6.61 Å². The van der Waals surface area contributed by atoms with Crippen molar-refractivity contribution in [2.45, 2.75) is 38.8 Å². The molecular formula is C21H24N2O5. The maximum absolute atomic E-state index is 12.6. The van der Waals surface area contributed by atoms with E-state index in [1.807, 2.05) is 19.1 Å². The molecule has 0 bridgehead atoms. The molecule has 1 aliphatic carbocycles. The summed E-state index contributed by atoms with van der Waals surface area (Å²) in [5.74, 6) is -0.378. The monoisotopic (exact) mass is 384 g/mol. The highest BCUT2D eigenvalue weighted by Gasteiger charge is 2.30. The van der Waals surface area contributed by atoms with E-state index in [4.69, 9.17) is 14.6 Å². The van der Waals surface area contributed by atoms with E-state index >= 15 is 0 Å². The van der Waals surface area contributed by atoms with Gasteiger partial charge in [-0.15, -0.1) is 0 Å². The van der Waals surface area contributed by atoms with Crippen LogP contribution in [-0.4, -0.2) is 34.6 Å². The summed E-state index contributed by atoms with van der Waals surface area (Å²) in [6.07, 6.45) is 5.16. The number of aliphatic carboxylic acids is 1. The van der Waals surface area contributed by atoms with E-state index in [1.54, 1.807) is 30.6 Å². The number of carboxylic acid groups (broad SMARTS) is 1. The molecule has 2 N–H and O–H groups in total. The summed E-state index contributed by atoms with van der Waals surface area (Å²) in [6, 6.07) is 8.69. The lowest BCUT2D eigenvalue weighted by molar-refractivity contribution is -0.141. The Balaban J connectivity index is 1.66. The number of nitrogens with zero attached hydrogens (tertiary/aromatic N) is 1. The second-order valence-electron chi connectivity index (χ2n) is 6.76. The largest absolute Gasteiger partial charge is 0.490 e. The molecule has 28 heavy (non-hydrogen) atoms. The second-order valence-corrected chi connectivity index (χ2v) is 6.76. The van der Waals surface area contributed by atoms with E-state index < -0.39 is 5.97 Å². The Bertz CT molecular complexity index is 825. The molecule has 1 aromatic heterocycles. The zero-order valence-corrected chi connectivity index (χ0v) is 15.8. The number of nitrogens with one attached hydrogen (secondary N) is 1. The third-order valence-electron chi connectivity index (χ3n) is 4.74. The number of pyridine rings is 1. The van der Waals surface area contributed by atoms with E-state index in [1.165, 1.54) is 0 Å². The topological polar surface area (TPSA) is 97.8 Å². The van der Waals surface area contributed by atoms with Gasteiger partial charge in [-0.3, -0.25) is 14.6 Å². The number of aromatic nitrogens is 1. The zero-order chi connectivity index (χ0) is 19.9. The Kier molecular flexibility index (Phi) is 6.47. The van der Waals surface area contributed by atoms with Crippen LogP contribution in [0.4, 0.5) is 0 Å². The van der Waals surface area contributed by atoms with Crippen LogP contribution in [0.15, 0.2) is 42.7 Å². The molecule has 3 rings (SSSR count). The highest BCUT2D eigenvalue weighted by atomic mass is 16.5. The predicted octanol–water partition coefficient (Wildman–Crippen LogP) is 3.04. The number of carbonyl (C=O) groups is 2. The Morgan fingerprint density at radius 2 is 2.07 bits per heavy atom. The fraction of sp³-hybridized carbons (Fsp3) is 0.381. The molecule has 7 heteroatoms. The number of carbonyl (C=O) groups excluding carboxylic acids is 1. The van der Waals surface area contributed by atoms with Crippen molar-refractivity contribution in [1.29, 1.82) is 0 Å². The molecule has 2 atom stereocenters. The number of rotatable bonds is 8. The Hall–Kier alpha value is -3.09. The van der Waals surface area contributed by atoms with Gasteiger partial charge in [0.05, 0.1) is 12.5 Å². The average molecular weight is 384 g/mol. The molecule has 0 radical (unpaired) electrons. The first kappa shape index (κ1) is 19.7. The van der Waals surface area contributed by atoms with Gasteiger partial charge in [0.15, 0.2) is 11.5 Å². The molecule has 0 aliphatic heterocycles. The van der Waals surface area contributed by atoms with Crippen LogP contribution in [0.3, 0.4) is 0 Å². The third kappa shape index (κ3) is 5.00. The van der Waals surface area contributed by atoms with Crippen molar-refractivity contribution in [3.05, 3.63) is 53.9 Å². The van der Waals surface area contributed by atoms with Gasteiger partial charge in [0.2, 0.25) is 0 Å². The Morgan fingerprint density at radius 3 is 2.75 bits per heavy atom. The molecule has 7 nitrogen and oxygen atoms in total. The van der Waals surface area contributed by atoms with Crippen LogP contribution >= 0.6 is 0 Å². The normalized spacial score (nSPS) is 18.5. The smallest absolute Gasteiger partial charge is 0.306 e. The molecule has 1 fully saturated rings. The molecule has 1 heterocycles. The van der Waals surface area contributed by atoms with Crippen LogP contribution in [0.5, 0.6) is 11.5 Å². The quantitative estimate of drug-likeness (QED) is 0.726. The van der Waals surface area contributed by atoms with Gasteiger partial charge in [0.25, 0.3) is 5.91 Å². The highest BCUT2D eigenvalue weighted by Crippen LogP contribution is 2.30. The van der Waals surface area contributed by atoms with Crippen molar-refractivity contribution in [3.8, 4) is 11.5 Å². The van der Waals surface area contributed by atoms with Gasteiger partial charge in [-0.1, -0.05) is 6.07 Å². The maximum Gasteiger partial charge on any atom is 0.306 e. The maximum atomic E-state index is 12.6. The summed E-state index contributed by atoms with van der Waals surface area (Å²) in [6.45, 7) is 2.65. The van der Waals surface area contributed by atoms with E-state index in [9.17, 15) is 9.59 Å². The van der Waals surface area contributed by atoms with Crippen LogP contribution < -0.4 is 14.8 Å². The van der Waals surface area contributed by atoms with Gasteiger partial charge < -0.3 is 19.9 Å². The number of hydrogen-bond donors (Lipinski definition) is 2. The molecule has 1 saturated carbocycles. The number of ether oxygens (including phenoxy) is 2. The average Bonchev–Trinajstić information content (AvgIpc) is 3.17. The summed E-state index contributed by atoms with van der Waals surface area (Å²) >= 11 is 0. The zero-order valence-electron chi connectivity index (χ0n) is 15.8. The summed E-state index contributed by atoms with van der Waals surface area (Å²) in [5, 5.41) is 12.0. The lowest BCUT2D eigenvalue weighted by Crippen LogP contribution is -2.33. The molecular weight excluding hydrogens is 360 g/mol. The number of hydrogen-bond acceptors (Lipinski definition) is 5. The van der Waals surface area contributed by atoms with Crippen molar-refractivity contribution in [2.75, 3.05) is 6.61 Å². The summed E-state index contributed by atoms with van der Waals surface area (Å²) in [5.41, 5.74) is 1.39. The Morgan fingerprint density at radius 1 is 1.21 bits per heavy atom. The molecule has 2 aromatic rings. The van der Waals surface area contributed by atoms with Crippen molar-refractivity contribution in [2.24, 2.45) is 5.92 Å². The van der Waals surface area contributed by atoms with Crippen molar-refractivity contribution in [1.82, 2.24) is 10.3 Å². The molecule has 1 amide bonds. The van der Waals surface area contributed by atoms with Crippen LogP contribution in [0.25, 0.3) is 0 Å². The highest BCUT2D eigenvalue weighted by molar-refractivity contribution is 5.95. The van der Waals surface area contributed by atoms with Crippen molar-refractivity contribution < 1.29 is 24.2 Å². The van der Waals surface area contributed by atoms with Crippen molar-refractivity contribution >= 4 is 11.9 Å². The number of carboxylic acids is 1. The standard InChI is InChI=1S/C21H24N2O5/c1-2-27-19-11-15(20(24)23-17-7-5-16(10-17)21(25)26)6-8-18(19)28-13-14-4-3-9-22-12-14/h3-4,6,8-9,11-12,16-17H,2,5,7,10,13H2,1H3,(H,23,24)(H,25,26)/t16-,17+/m1/s1.